The molecule has 5 rings (SSSR count). The summed E-state index contributed by atoms with van der Waals surface area (Å²) >= 11 is 6.52. The molecule has 152 valence electrons. The summed E-state index contributed by atoms with van der Waals surface area (Å²) in [6.07, 6.45) is 0.368. The lowest BCUT2D eigenvalue weighted by Gasteiger charge is -2.38. The summed E-state index contributed by atoms with van der Waals surface area (Å²) in [4.78, 5) is 0. The van der Waals surface area contributed by atoms with Crippen LogP contribution in [-0.2, 0) is 0 Å². The molecule has 5 nitrogen and oxygen atoms in total. The Hall–Kier alpha value is -3.18. The lowest BCUT2D eigenvalue weighted by atomic mass is 9.96. The Bertz CT molecular complexity index is 1130. The van der Waals surface area contributed by atoms with Crippen LogP contribution in [0.5, 0.6) is 17.2 Å². The lowest BCUT2D eigenvalue weighted by Crippen LogP contribution is -2.33. The molecule has 0 bridgehead atoms. The standard InChI is InChI=1S/C24H21ClN2O3/c1-28-22-12-11-15(13-23(22)29-2)19-14-20-17-8-4-6-10-21(17)30-24(27(20)26-19)16-7-3-5-9-18(16)25/h3-13,20,24H,14H2,1-2H3/t20-,24+/m0/s1. The second-order valence-corrected chi connectivity index (χ2v) is 7.65. The van der Waals surface area contributed by atoms with Crippen molar-refractivity contribution < 1.29 is 14.2 Å². The number of methoxy groups -OCH3 is 2. The van der Waals surface area contributed by atoms with E-state index in [0.717, 1.165) is 34.6 Å². The van der Waals surface area contributed by atoms with Crippen molar-refractivity contribution in [1.82, 2.24) is 5.01 Å². The number of fused-ring (bicyclic) bond motifs is 3. The van der Waals surface area contributed by atoms with E-state index in [9.17, 15) is 0 Å². The summed E-state index contributed by atoms with van der Waals surface area (Å²) in [5.74, 6) is 2.24. The highest BCUT2D eigenvalue weighted by atomic mass is 35.5. The number of nitrogens with zero attached hydrogens (tertiary/aromatic N) is 2. The predicted molar refractivity (Wildman–Crippen MR) is 117 cm³/mol. The van der Waals surface area contributed by atoms with E-state index in [1.807, 2.05) is 65.7 Å². The Kier molecular flexibility index (Phi) is 4.75. The second kappa shape index (κ2) is 7.58. The number of hydrogen-bond donors (Lipinski definition) is 0. The third-order valence-electron chi connectivity index (χ3n) is 5.59. The van der Waals surface area contributed by atoms with Gasteiger partial charge >= 0.3 is 0 Å². The van der Waals surface area contributed by atoms with Gasteiger partial charge in [-0.05, 0) is 30.3 Å². The number of benzene rings is 3. The molecule has 0 saturated carbocycles. The molecular formula is C24H21ClN2O3. The van der Waals surface area contributed by atoms with Gasteiger partial charge in [0.1, 0.15) is 5.75 Å². The highest BCUT2D eigenvalue weighted by Gasteiger charge is 2.41. The van der Waals surface area contributed by atoms with Gasteiger partial charge < -0.3 is 14.2 Å². The highest BCUT2D eigenvalue weighted by Crippen LogP contribution is 2.48. The minimum Gasteiger partial charge on any atom is -0.493 e. The molecule has 0 unspecified atom stereocenters. The van der Waals surface area contributed by atoms with Gasteiger partial charge in [-0.2, -0.15) is 5.10 Å². The number of rotatable bonds is 4. The molecule has 3 aromatic carbocycles. The van der Waals surface area contributed by atoms with Crippen LogP contribution in [0.25, 0.3) is 0 Å². The van der Waals surface area contributed by atoms with Gasteiger partial charge in [0.2, 0.25) is 6.23 Å². The van der Waals surface area contributed by atoms with Gasteiger partial charge in [0, 0.05) is 28.1 Å². The molecule has 0 fully saturated rings. The highest BCUT2D eigenvalue weighted by molar-refractivity contribution is 6.31. The molecule has 0 radical (unpaired) electrons. The third kappa shape index (κ3) is 3.06. The molecule has 2 atom stereocenters. The van der Waals surface area contributed by atoms with Crippen LogP contribution >= 0.6 is 11.6 Å². The topological polar surface area (TPSA) is 43.3 Å². The maximum absolute atomic E-state index is 6.52. The Morgan fingerprint density at radius 2 is 1.67 bits per heavy atom. The van der Waals surface area contributed by atoms with Crippen LogP contribution in [0.1, 0.15) is 35.4 Å². The fraction of sp³-hybridized carbons (Fsp3) is 0.208. The third-order valence-corrected chi connectivity index (χ3v) is 5.93. The normalized spacial score (nSPS) is 19.4. The number of hydrogen-bond acceptors (Lipinski definition) is 5. The molecule has 2 heterocycles. The minimum absolute atomic E-state index is 0.0688. The van der Waals surface area contributed by atoms with E-state index >= 15 is 0 Å². The van der Waals surface area contributed by atoms with Crippen LogP contribution in [0.15, 0.2) is 71.8 Å². The van der Waals surface area contributed by atoms with E-state index in [-0.39, 0.29) is 6.04 Å². The predicted octanol–water partition coefficient (Wildman–Crippen LogP) is 5.60. The molecule has 6 heteroatoms. The first-order valence-electron chi connectivity index (χ1n) is 9.78. The molecule has 0 spiro atoms. The van der Waals surface area contributed by atoms with Gasteiger partial charge in [-0.3, -0.25) is 0 Å². The Morgan fingerprint density at radius 3 is 2.43 bits per heavy atom. The van der Waals surface area contributed by atoms with Crippen LogP contribution < -0.4 is 14.2 Å². The average Bonchev–Trinajstić information content (AvgIpc) is 3.24. The van der Waals surface area contributed by atoms with Crippen molar-refractivity contribution in [2.45, 2.75) is 18.7 Å². The van der Waals surface area contributed by atoms with Gasteiger partial charge in [-0.1, -0.05) is 48.0 Å². The van der Waals surface area contributed by atoms with Crippen LogP contribution in [0, 0.1) is 0 Å². The summed E-state index contributed by atoms with van der Waals surface area (Å²) in [6, 6.07) is 21.8. The molecule has 0 aliphatic carbocycles. The van der Waals surface area contributed by atoms with E-state index in [1.54, 1.807) is 14.2 Å². The van der Waals surface area contributed by atoms with Crippen molar-refractivity contribution in [1.29, 1.82) is 0 Å². The van der Waals surface area contributed by atoms with Crippen molar-refractivity contribution in [2.75, 3.05) is 14.2 Å². The Balaban J connectivity index is 1.59. The monoisotopic (exact) mass is 420 g/mol. The Morgan fingerprint density at radius 1 is 0.933 bits per heavy atom. The molecule has 0 saturated heterocycles. The van der Waals surface area contributed by atoms with Crippen LogP contribution in [-0.4, -0.2) is 24.9 Å². The molecule has 0 amide bonds. The van der Waals surface area contributed by atoms with Gasteiger partial charge in [0.05, 0.1) is 26.0 Å². The zero-order valence-electron chi connectivity index (χ0n) is 16.7. The number of ether oxygens (including phenoxy) is 3. The summed E-state index contributed by atoms with van der Waals surface area (Å²) in [7, 11) is 3.27. The van der Waals surface area contributed by atoms with E-state index < -0.39 is 6.23 Å². The first-order chi connectivity index (χ1) is 14.7. The minimum atomic E-state index is -0.392. The lowest BCUT2D eigenvalue weighted by molar-refractivity contribution is -0.0189. The first kappa shape index (κ1) is 18.8. The second-order valence-electron chi connectivity index (χ2n) is 7.25. The summed E-state index contributed by atoms with van der Waals surface area (Å²) in [5.41, 5.74) is 3.99. The smallest absolute Gasteiger partial charge is 0.215 e. The van der Waals surface area contributed by atoms with E-state index in [4.69, 9.17) is 30.9 Å². The fourth-order valence-electron chi connectivity index (χ4n) is 4.10. The van der Waals surface area contributed by atoms with Crippen molar-refractivity contribution in [2.24, 2.45) is 5.10 Å². The van der Waals surface area contributed by atoms with Gasteiger partial charge in [0.15, 0.2) is 11.5 Å². The summed E-state index contributed by atoms with van der Waals surface area (Å²) in [6.45, 7) is 0. The maximum atomic E-state index is 6.52. The molecular weight excluding hydrogens is 400 g/mol. The zero-order valence-corrected chi connectivity index (χ0v) is 17.5. The SMILES string of the molecule is COc1ccc(C2=NN3[C@@H](c4ccccc4Cl)Oc4ccccc4[C@@H]3C2)cc1OC. The van der Waals surface area contributed by atoms with E-state index in [1.165, 1.54) is 0 Å². The number of para-hydroxylation sites is 1. The fourth-order valence-corrected chi connectivity index (χ4v) is 4.33. The van der Waals surface area contributed by atoms with Crippen molar-refractivity contribution >= 4 is 17.3 Å². The van der Waals surface area contributed by atoms with Crippen LogP contribution in [0.2, 0.25) is 5.02 Å². The van der Waals surface area contributed by atoms with Crippen molar-refractivity contribution in [3.63, 3.8) is 0 Å². The van der Waals surface area contributed by atoms with Crippen LogP contribution in [0.4, 0.5) is 0 Å². The van der Waals surface area contributed by atoms with Gasteiger partial charge in [-0.15, -0.1) is 0 Å². The van der Waals surface area contributed by atoms with Crippen LogP contribution in [0.3, 0.4) is 0 Å². The Labute approximate surface area is 180 Å². The molecule has 0 aromatic heterocycles. The summed E-state index contributed by atoms with van der Waals surface area (Å²) in [5, 5.41) is 7.66. The van der Waals surface area contributed by atoms with E-state index in [2.05, 4.69) is 6.07 Å². The largest absolute Gasteiger partial charge is 0.493 e. The molecule has 2 aliphatic rings. The molecule has 3 aromatic rings. The zero-order chi connectivity index (χ0) is 20.7. The molecule has 0 N–H and O–H groups in total. The van der Waals surface area contributed by atoms with E-state index in [0.29, 0.717) is 16.5 Å². The molecule has 30 heavy (non-hydrogen) atoms. The quantitative estimate of drug-likeness (QED) is 0.551. The van der Waals surface area contributed by atoms with Gasteiger partial charge in [0.25, 0.3) is 0 Å². The van der Waals surface area contributed by atoms with Crippen molar-refractivity contribution in [3.05, 3.63) is 88.4 Å². The number of hydrazone groups is 1. The van der Waals surface area contributed by atoms with Crippen molar-refractivity contribution in [3.8, 4) is 17.2 Å². The summed E-state index contributed by atoms with van der Waals surface area (Å²) < 4.78 is 17.2. The number of halogens is 1. The van der Waals surface area contributed by atoms with Gasteiger partial charge in [-0.25, -0.2) is 5.01 Å². The average molecular weight is 421 g/mol. The first-order valence-corrected chi connectivity index (χ1v) is 10.2. The maximum Gasteiger partial charge on any atom is 0.215 e. The molecule has 2 aliphatic heterocycles.